The highest BCUT2D eigenvalue weighted by molar-refractivity contribution is 5.91. The highest BCUT2D eigenvalue weighted by atomic mass is 16.4. The second kappa shape index (κ2) is 3.82. The number of aromatic nitrogens is 1. The van der Waals surface area contributed by atoms with Crippen LogP contribution in [0.1, 0.15) is 10.4 Å². The Labute approximate surface area is 89.3 Å². The Morgan fingerprint density at radius 2 is 2.19 bits per heavy atom. The van der Waals surface area contributed by atoms with Gasteiger partial charge in [-0.2, -0.15) is 0 Å². The van der Waals surface area contributed by atoms with E-state index >= 15 is 0 Å². The molecule has 84 valence electrons. The monoisotopic (exact) mass is 223 g/mol. The molecule has 0 atom stereocenters. The molecule has 0 saturated carbocycles. The summed E-state index contributed by atoms with van der Waals surface area (Å²) in [5.74, 6) is -1.69. The lowest BCUT2D eigenvalue weighted by Crippen LogP contribution is -2.15. The normalized spacial score (nSPS) is 10.8. The number of benzene rings is 1. The van der Waals surface area contributed by atoms with Gasteiger partial charge in [0.05, 0.1) is 24.2 Å². The Kier molecular flexibility index (Phi) is 2.49. The molecular weight excluding hydrogens is 214 g/mol. The first-order valence-corrected chi connectivity index (χ1v) is 4.61. The lowest BCUT2D eigenvalue weighted by molar-refractivity contribution is 0.0697. The van der Waals surface area contributed by atoms with Gasteiger partial charge in [0.15, 0.2) is 5.58 Å². The number of aromatic carboxylic acids is 1. The summed E-state index contributed by atoms with van der Waals surface area (Å²) in [6.07, 6.45) is 0. The van der Waals surface area contributed by atoms with E-state index in [1.165, 1.54) is 22.8 Å². The lowest BCUT2D eigenvalue weighted by atomic mass is 10.2. The van der Waals surface area contributed by atoms with E-state index in [1.807, 2.05) is 0 Å². The average molecular weight is 223 g/mol. The van der Waals surface area contributed by atoms with Crippen molar-refractivity contribution in [2.75, 3.05) is 6.61 Å². The van der Waals surface area contributed by atoms with E-state index in [0.29, 0.717) is 5.52 Å². The Morgan fingerprint density at radius 1 is 1.44 bits per heavy atom. The molecule has 2 N–H and O–H groups in total. The topological polar surface area (TPSA) is 92.7 Å². The summed E-state index contributed by atoms with van der Waals surface area (Å²) in [5.41, 5.74) is 0.736. The summed E-state index contributed by atoms with van der Waals surface area (Å²) in [6, 6.07) is 4.15. The van der Waals surface area contributed by atoms with Crippen LogP contribution in [-0.4, -0.2) is 27.4 Å². The van der Waals surface area contributed by atoms with Crippen LogP contribution in [0.4, 0.5) is 0 Å². The zero-order valence-corrected chi connectivity index (χ0v) is 8.21. The zero-order chi connectivity index (χ0) is 11.7. The van der Waals surface area contributed by atoms with Crippen molar-refractivity contribution in [2.45, 2.75) is 6.54 Å². The smallest absolute Gasteiger partial charge is 0.420 e. The summed E-state index contributed by atoms with van der Waals surface area (Å²) in [7, 11) is 0. The number of aliphatic hydroxyl groups is 1. The number of rotatable bonds is 3. The first-order chi connectivity index (χ1) is 7.63. The van der Waals surface area contributed by atoms with Gasteiger partial charge in [0.25, 0.3) is 0 Å². The third kappa shape index (κ3) is 1.59. The summed E-state index contributed by atoms with van der Waals surface area (Å²) >= 11 is 0. The first kappa shape index (κ1) is 10.4. The quantitative estimate of drug-likeness (QED) is 0.779. The highest BCUT2D eigenvalue weighted by Crippen LogP contribution is 2.14. The highest BCUT2D eigenvalue weighted by Gasteiger charge is 2.11. The predicted molar refractivity (Wildman–Crippen MR) is 54.5 cm³/mol. The molecule has 0 aliphatic carbocycles. The Morgan fingerprint density at radius 3 is 2.81 bits per heavy atom. The van der Waals surface area contributed by atoms with Crippen molar-refractivity contribution in [3.63, 3.8) is 0 Å². The molecule has 0 amide bonds. The minimum Gasteiger partial charge on any atom is -0.478 e. The van der Waals surface area contributed by atoms with Crippen molar-refractivity contribution in [1.29, 1.82) is 0 Å². The Hall–Kier alpha value is -2.08. The summed E-state index contributed by atoms with van der Waals surface area (Å²) in [6.45, 7) is -0.0620. The molecule has 0 spiro atoms. The van der Waals surface area contributed by atoms with Crippen molar-refractivity contribution < 1.29 is 19.4 Å². The molecule has 6 nitrogen and oxygen atoms in total. The fourth-order valence-corrected chi connectivity index (χ4v) is 1.51. The number of carboxylic acids is 1. The van der Waals surface area contributed by atoms with Gasteiger partial charge >= 0.3 is 11.7 Å². The molecule has 0 fully saturated rings. The van der Waals surface area contributed by atoms with Crippen LogP contribution in [0.15, 0.2) is 27.4 Å². The number of hydrogen-bond donors (Lipinski definition) is 2. The van der Waals surface area contributed by atoms with Crippen LogP contribution >= 0.6 is 0 Å². The molecule has 1 aromatic carbocycles. The number of hydrogen-bond acceptors (Lipinski definition) is 4. The summed E-state index contributed by atoms with van der Waals surface area (Å²) < 4.78 is 6.13. The van der Waals surface area contributed by atoms with Crippen LogP contribution in [0.5, 0.6) is 0 Å². The van der Waals surface area contributed by atoms with Gasteiger partial charge in [-0.1, -0.05) is 0 Å². The molecule has 0 bridgehead atoms. The van der Waals surface area contributed by atoms with Gasteiger partial charge in [-0.3, -0.25) is 4.57 Å². The van der Waals surface area contributed by atoms with E-state index < -0.39 is 11.7 Å². The first-order valence-electron chi connectivity index (χ1n) is 4.61. The van der Waals surface area contributed by atoms with Gasteiger partial charge in [0.1, 0.15) is 0 Å². The van der Waals surface area contributed by atoms with Gasteiger partial charge in [-0.25, -0.2) is 9.59 Å². The third-order valence-corrected chi connectivity index (χ3v) is 2.24. The zero-order valence-electron chi connectivity index (χ0n) is 8.21. The molecular formula is C10H9NO5. The van der Waals surface area contributed by atoms with Crippen molar-refractivity contribution in [3.05, 3.63) is 34.3 Å². The Balaban J connectivity index is 2.65. The lowest BCUT2D eigenvalue weighted by Gasteiger charge is -1.98. The predicted octanol–water partition coefficient (Wildman–Crippen LogP) is 0.285. The molecule has 0 unspecified atom stereocenters. The standard InChI is InChI=1S/C10H9NO5/c12-4-3-11-7-2-1-6(9(13)14)5-8(7)16-10(11)15/h1-2,5,12H,3-4H2,(H,13,14). The van der Waals surface area contributed by atoms with E-state index in [9.17, 15) is 9.59 Å². The number of fused-ring (bicyclic) bond motifs is 1. The maximum atomic E-state index is 11.3. The van der Waals surface area contributed by atoms with Crippen LogP contribution in [0.25, 0.3) is 11.1 Å². The van der Waals surface area contributed by atoms with Gasteiger partial charge < -0.3 is 14.6 Å². The van der Waals surface area contributed by atoms with Crippen LogP contribution in [0.2, 0.25) is 0 Å². The summed E-state index contributed by atoms with van der Waals surface area (Å²) in [5, 5.41) is 17.5. The maximum Gasteiger partial charge on any atom is 0.420 e. The molecule has 0 saturated heterocycles. The number of aliphatic hydroxyl groups excluding tert-OH is 1. The second-order valence-corrected chi connectivity index (χ2v) is 3.23. The van der Waals surface area contributed by atoms with E-state index in [1.54, 1.807) is 0 Å². The fourth-order valence-electron chi connectivity index (χ4n) is 1.51. The number of carboxylic acid groups (broad SMARTS) is 1. The van der Waals surface area contributed by atoms with E-state index in [2.05, 4.69) is 0 Å². The number of nitrogens with zero attached hydrogens (tertiary/aromatic N) is 1. The Bertz CT molecular complexity index is 595. The van der Waals surface area contributed by atoms with Crippen molar-refractivity contribution >= 4 is 17.1 Å². The van der Waals surface area contributed by atoms with Crippen LogP contribution in [0, 0.1) is 0 Å². The molecule has 6 heteroatoms. The largest absolute Gasteiger partial charge is 0.478 e. The van der Waals surface area contributed by atoms with Gasteiger partial charge in [-0.05, 0) is 18.2 Å². The molecule has 0 aliphatic heterocycles. The van der Waals surface area contributed by atoms with E-state index in [-0.39, 0.29) is 24.3 Å². The summed E-state index contributed by atoms with van der Waals surface area (Å²) in [4.78, 5) is 22.0. The molecule has 2 aromatic rings. The SMILES string of the molecule is O=C(O)c1ccc2c(c1)oc(=O)n2CCO. The molecule has 1 aromatic heterocycles. The van der Waals surface area contributed by atoms with Crippen LogP contribution < -0.4 is 5.76 Å². The minimum atomic E-state index is -1.08. The van der Waals surface area contributed by atoms with Crippen molar-refractivity contribution in [1.82, 2.24) is 4.57 Å². The van der Waals surface area contributed by atoms with Crippen LogP contribution in [-0.2, 0) is 6.54 Å². The molecule has 0 aliphatic rings. The van der Waals surface area contributed by atoms with Crippen molar-refractivity contribution in [3.8, 4) is 0 Å². The van der Waals surface area contributed by atoms with E-state index in [4.69, 9.17) is 14.6 Å². The maximum absolute atomic E-state index is 11.3. The van der Waals surface area contributed by atoms with Crippen LogP contribution in [0.3, 0.4) is 0 Å². The van der Waals surface area contributed by atoms with Gasteiger partial charge in [-0.15, -0.1) is 0 Å². The number of carbonyl (C=O) groups is 1. The average Bonchev–Trinajstić information content (AvgIpc) is 2.55. The van der Waals surface area contributed by atoms with Gasteiger partial charge in [0.2, 0.25) is 0 Å². The van der Waals surface area contributed by atoms with Crippen molar-refractivity contribution in [2.24, 2.45) is 0 Å². The molecule has 1 heterocycles. The van der Waals surface area contributed by atoms with E-state index in [0.717, 1.165) is 0 Å². The molecule has 16 heavy (non-hydrogen) atoms. The second-order valence-electron chi connectivity index (χ2n) is 3.23. The molecule has 0 radical (unpaired) electrons. The fraction of sp³-hybridized carbons (Fsp3) is 0.200. The number of oxazole rings is 1. The third-order valence-electron chi connectivity index (χ3n) is 2.24. The minimum absolute atomic E-state index is 0.0531. The van der Waals surface area contributed by atoms with Gasteiger partial charge in [0, 0.05) is 0 Å². The molecule has 2 rings (SSSR count).